The lowest BCUT2D eigenvalue weighted by atomic mass is 10.2. The molecule has 0 aliphatic rings. The van der Waals surface area contributed by atoms with E-state index in [0.717, 1.165) is 8.96 Å². The van der Waals surface area contributed by atoms with Gasteiger partial charge in [-0.15, -0.1) is 0 Å². The lowest BCUT2D eigenvalue weighted by Gasteiger charge is -2.03. The van der Waals surface area contributed by atoms with Crippen molar-refractivity contribution in [1.29, 1.82) is 0 Å². The van der Waals surface area contributed by atoms with Gasteiger partial charge < -0.3 is 9.15 Å². The molecule has 1 aromatic heterocycles. The molecule has 0 N–H and O–H groups in total. The van der Waals surface area contributed by atoms with Gasteiger partial charge in [-0.2, -0.15) is 0 Å². The van der Waals surface area contributed by atoms with Crippen molar-refractivity contribution >= 4 is 39.3 Å². The third-order valence-electron chi connectivity index (χ3n) is 2.88. The minimum Gasteiger partial charge on any atom is -0.485 e. The number of carbonyl (C=O) groups is 1. The Hall–Kier alpha value is -1.82. The number of ether oxygens (including phenoxy) is 1. The predicted molar refractivity (Wildman–Crippen MR) is 85.2 cm³/mol. The Labute approximate surface area is 129 Å². The molecular formula is C16H11IO3. The first-order valence-electron chi connectivity index (χ1n) is 6.12. The van der Waals surface area contributed by atoms with Crippen molar-refractivity contribution in [3.05, 3.63) is 63.9 Å². The zero-order chi connectivity index (χ0) is 13.9. The van der Waals surface area contributed by atoms with Crippen LogP contribution in [0.3, 0.4) is 0 Å². The predicted octanol–water partition coefficient (Wildman–Crippen LogP) is 4.30. The van der Waals surface area contributed by atoms with E-state index in [0.29, 0.717) is 17.1 Å². The van der Waals surface area contributed by atoms with Gasteiger partial charge in [0.05, 0.1) is 0 Å². The van der Waals surface area contributed by atoms with Crippen LogP contribution in [-0.2, 0) is 0 Å². The van der Waals surface area contributed by atoms with Crippen molar-refractivity contribution in [2.45, 2.75) is 0 Å². The fraction of sp³-hybridized carbons (Fsp3) is 0.0625. The van der Waals surface area contributed by atoms with Crippen molar-refractivity contribution in [1.82, 2.24) is 0 Å². The maximum absolute atomic E-state index is 12.0. The van der Waals surface area contributed by atoms with E-state index in [4.69, 9.17) is 9.15 Å². The lowest BCUT2D eigenvalue weighted by molar-refractivity contribution is 0.0896. The molecule has 0 fully saturated rings. The van der Waals surface area contributed by atoms with Crippen LogP contribution in [0.1, 0.15) is 10.6 Å². The van der Waals surface area contributed by atoms with Crippen molar-refractivity contribution < 1.29 is 13.9 Å². The van der Waals surface area contributed by atoms with Crippen molar-refractivity contribution in [3.63, 3.8) is 0 Å². The standard InChI is InChI=1S/C16H11IO3/c17-12-5-7-13(8-6-12)19-10-14(18)16-9-11-3-1-2-4-15(11)20-16/h1-9H,10H2. The molecule has 0 spiro atoms. The van der Waals surface area contributed by atoms with E-state index in [1.54, 1.807) is 6.07 Å². The zero-order valence-corrected chi connectivity index (χ0v) is 12.7. The van der Waals surface area contributed by atoms with E-state index in [2.05, 4.69) is 22.6 Å². The van der Waals surface area contributed by atoms with Crippen molar-refractivity contribution in [3.8, 4) is 5.75 Å². The lowest BCUT2D eigenvalue weighted by Crippen LogP contribution is -2.10. The summed E-state index contributed by atoms with van der Waals surface area (Å²) >= 11 is 2.22. The highest BCUT2D eigenvalue weighted by atomic mass is 127. The molecule has 4 heteroatoms. The number of hydrogen-bond acceptors (Lipinski definition) is 3. The molecule has 0 unspecified atom stereocenters. The Balaban J connectivity index is 1.71. The van der Waals surface area contributed by atoms with Gasteiger partial charge in [0.25, 0.3) is 0 Å². The molecule has 0 saturated carbocycles. The number of furan rings is 1. The fourth-order valence-electron chi connectivity index (χ4n) is 1.87. The summed E-state index contributed by atoms with van der Waals surface area (Å²) in [7, 11) is 0. The van der Waals surface area contributed by atoms with Crippen LogP contribution in [0.15, 0.2) is 59.0 Å². The molecule has 0 atom stereocenters. The number of carbonyl (C=O) groups excluding carboxylic acids is 1. The summed E-state index contributed by atoms with van der Waals surface area (Å²) in [6.45, 7) is -0.0274. The van der Waals surface area contributed by atoms with E-state index in [9.17, 15) is 4.79 Å². The molecule has 3 rings (SSSR count). The van der Waals surface area contributed by atoms with Gasteiger partial charge >= 0.3 is 0 Å². The Morgan fingerprint density at radius 2 is 1.85 bits per heavy atom. The van der Waals surface area contributed by atoms with Gasteiger partial charge in [-0.05, 0) is 59.0 Å². The number of benzene rings is 2. The molecule has 2 aromatic carbocycles. The van der Waals surface area contributed by atoms with Crippen LogP contribution < -0.4 is 4.74 Å². The number of hydrogen-bond donors (Lipinski definition) is 0. The second-order valence-corrected chi connectivity index (χ2v) is 5.56. The highest BCUT2D eigenvalue weighted by Crippen LogP contribution is 2.20. The van der Waals surface area contributed by atoms with Gasteiger partial charge in [0.15, 0.2) is 12.4 Å². The molecule has 3 aromatic rings. The third kappa shape index (κ3) is 2.85. The van der Waals surface area contributed by atoms with Gasteiger partial charge in [0.2, 0.25) is 5.78 Å². The minimum absolute atomic E-state index is 0.0274. The molecule has 3 nitrogen and oxygen atoms in total. The van der Waals surface area contributed by atoms with Gasteiger partial charge in [-0.25, -0.2) is 0 Å². The molecule has 20 heavy (non-hydrogen) atoms. The van der Waals surface area contributed by atoms with E-state index < -0.39 is 0 Å². The average molecular weight is 378 g/mol. The normalized spacial score (nSPS) is 10.7. The van der Waals surface area contributed by atoms with Gasteiger partial charge in [-0.3, -0.25) is 4.79 Å². The highest BCUT2D eigenvalue weighted by molar-refractivity contribution is 14.1. The number of fused-ring (bicyclic) bond motifs is 1. The zero-order valence-electron chi connectivity index (χ0n) is 10.5. The maximum atomic E-state index is 12.0. The van der Waals surface area contributed by atoms with Gasteiger partial charge in [-0.1, -0.05) is 18.2 Å². The summed E-state index contributed by atoms with van der Waals surface area (Å²) < 4.78 is 12.1. The summed E-state index contributed by atoms with van der Waals surface area (Å²) in [6.07, 6.45) is 0. The highest BCUT2D eigenvalue weighted by Gasteiger charge is 2.12. The van der Waals surface area contributed by atoms with E-state index in [1.165, 1.54) is 0 Å². The first-order chi connectivity index (χ1) is 9.72. The van der Waals surface area contributed by atoms with Crippen LogP contribution in [0.25, 0.3) is 11.0 Å². The molecule has 0 aliphatic carbocycles. The number of Topliss-reactive ketones (excluding diaryl/α,β-unsaturated/α-hetero) is 1. The second kappa shape index (κ2) is 5.66. The molecule has 0 aliphatic heterocycles. The topological polar surface area (TPSA) is 39.4 Å². The van der Waals surface area contributed by atoms with E-state index >= 15 is 0 Å². The van der Waals surface area contributed by atoms with E-state index in [1.807, 2.05) is 48.5 Å². The SMILES string of the molecule is O=C(COc1ccc(I)cc1)c1cc2ccccc2o1. The number of halogens is 1. The van der Waals surface area contributed by atoms with Crippen LogP contribution in [0.2, 0.25) is 0 Å². The summed E-state index contributed by atoms with van der Waals surface area (Å²) in [6, 6.07) is 16.8. The third-order valence-corrected chi connectivity index (χ3v) is 3.60. The van der Waals surface area contributed by atoms with Crippen LogP contribution >= 0.6 is 22.6 Å². The van der Waals surface area contributed by atoms with Gasteiger partial charge in [0, 0.05) is 8.96 Å². The van der Waals surface area contributed by atoms with Crippen molar-refractivity contribution in [2.24, 2.45) is 0 Å². The molecule has 0 amide bonds. The fourth-order valence-corrected chi connectivity index (χ4v) is 2.23. The number of para-hydroxylation sites is 1. The monoisotopic (exact) mass is 378 g/mol. The summed E-state index contributed by atoms with van der Waals surface area (Å²) in [5.74, 6) is 0.839. The largest absolute Gasteiger partial charge is 0.485 e. The summed E-state index contributed by atoms with van der Waals surface area (Å²) in [5.41, 5.74) is 0.713. The molecule has 100 valence electrons. The molecule has 0 bridgehead atoms. The average Bonchev–Trinajstić information content (AvgIpc) is 2.90. The van der Waals surface area contributed by atoms with Crippen LogP contribution in [0.4, 0.5) is 0 Å². The Kier molecular flexibility index (Phi) is 3.73. The van der Waals surface area contributed by atoms with Gasteiger partial charge in [0.1, 0.15) is 11.3 Å². The Morgan fingerprint density at radius 1 is 1.10 bits per heavy atom. The first-order valence-corrected chi connectivity index (χ1v) is 7.20. The Morgan fingerprint density at radius 3 is 2.60 bits per heavy atom. The Bertz CT molecular complexity index is 711. The maximum Gasteiger partial charge on any atom is 0.235 e. The first kappa shape index (κ1) is 13.2. The van der Waals surface area contributed by atoms with E-state index in [-0.39, 0.29) is 12.4 Å². The molecule has 1 heterocycles. The molecule has 0 radical (unpaired) electrons. The second-order valence-electron chi connectivity index (χ2n) is 4.31. The molecule has 0 saturated heterocycles. The van der Waals surface area contributed by atoms with Crippen molar-refractivity contribution in [2.75, 3.05) is 6.61 Å². The van der Waals surface area contributed by atoms with Crippen LogP contribution in [0.5, 0.6) is 5.75 Å². The minimum atomic E-state index is -0.167. The summed E-state index contributed by atoms with van der Waals surface area (Å²) in [5, 5.41) is 0.921. The van der Waals surface area contributed by atoms with Crippen LogP contribution in [0, 0.1) is 3.57 Å². The molecular weight excluding hydrogens is 367 g/mol. The smallest absolute Gasteiger partial charge is 0.235 e. The number of rotatable bonds is 4. The summed E-state index contributed by atoms with van der Waals surface area (Å²) in [4.78, 5) is 12.0. The van der Waals surface area contributed by atoms with Crippen LogP contribution in [-0.4, -0.2) is 12.4 Å². The number of ketones is 1. The quantitative estimate of drug-likeness (QED) is 0.502.